The minimum absolute atomic E-state index is 0.0295. The van der Waals surface area contributed by atoms with Crippen molar-refractivity contribution in [3.8, 4) is 5.88 Å². The fraction of sp³-hybridized carbons (Fsp3) is 0.308. The molecule has 0 saturated carbocycles. The summed E-state index contributed by atoms with van der Waals surface area (Å²) >= 11 is 0. The van der Waals surface area contributed by atoms with Gasteiger partial charge in [-0.3, -0.25) is 0 Å². The van der Waals surface area contributed by atoms with Crippen molar-refractivity contribution in [3.05, 3.63) is 47.4 Å². The molecule has 0 spiro atoms. The number of aliphatic hydroxyl groups excluding tert-OH is 1. The molecule has 0 fully saturated rings. The number of halogens is 1. The van der Waals surface area contributed by atoms with E-state index in [2.05, 4.69) is 5.10 Å². The Balaban J connectivity index is 2.27. The van der Waals surface area contributed by atoms with Crippen LogP contribution in [0.2, 0.25) is 0 Å². The number of methoxy groups -OCH3 is 1. The predicted molar refractivity (Wildman–Crippen MR) is 65.1 cm³/mol. The average Bonchev–Trinajstić information content (AvgIpc) is 2.75. The van der Waals surface area contributed by atoms with Crippen LogP contribution < -0.4 is 4.74 Å². The van der Waals surface area contributed by atoms with Gasteiger partial charge in [0.05, 0.1) is 19.9 Å². The van der Waals surface area contributed by atoms with Crippen molar-refractivity contribution in [1.82, 2.24) is 9.78 Å². The largest absolute Gasteiger partial charge is 0.481 e. The fourth-order valence-corrected chi connectivity index (χ4v) is 1.84. The molecular formula is C13H15FN2O2. The summed E-state index contributed by atoms with van der Waals surface area (Å²) < 4.78 is 20.4. The van der Waals surface area contributed by atoms with E-state index in [1.807, 2.05) is 0 Å². The molecule has 0 aliphatic heterocycles. The molecular weight excluding hydrogens is 235 g/mol. The van der Waals surface area contributed by atoms with Crippen LogP contribution in [0, 0.1) is 5.82 Å². The van der Waals surface area contributed by atoms with Gasteiger partial charge in [-0.1, -0.05) is 18.2 Å². The van der Waals surface area contributed by atoms with Crippen molar-refractivity contribution in [2.45, 2.75) is 13.0 Å². The number of aromatic nitrogens is 2. The number of rotatable bonds is 5. The van der Waals surface area contributed by atoms with E-state index in [0.29, 0.717) is 24.4 Å². The van der Waals surface area contributed by atoms with Crippen LogP contribution in [0.1, 0.15) is 11.1 Å². The molecule has 0 amide bonds. The third kappa shape index (κ3) is 2.51. The van der Waals surface area contributed by atoms with Crippen molar-refractivity contribution in [1.29, 1.82) is 0 Å². The Kier molecular flexibility index (Phi) is 3.94. The number of ether oxygens (including phenoxy) is 1. The summed E-state index contributed by atoms with van der Waals surface area (Å²) in [4.78, 5) is 0. The molecule has 1 aromatic heterocycles. The number of nitrogens with zero attached hydrogens (tertiary/aromatic N) is 2. The maximum absolute atomic E-state index is 13.5. The quantitative estimate of drug-likeness (QED) is 0.877. The molecule has 2 rings (SSSR count). The lowest BCUT2D eigenvalue weighted by Gasteiger charge is -2.08. The van der Waals surface area contributed by atoms with Crippen LogP contribution >= 0.6 is 0 Å². The molecule has 0 aliphatic rings. The Hall–Kier alpha value is -1.88. The second-order valence-electron chi connectivity index (χ2n) is 3.90. The topological polar surface area (TPSA) is 47.3 Å². The normalized spacial score (nSPS) is 10.6. The minimum Gasteiger partial charge on any atom is -0.481 e. The molecule has 0 bridgehead atoms. The van der Waals surface area contributed by atoms with Gasteiger partial charge in [-0.05, 0) is 6.07 Å². The molecule has 4 nitrogen and oxygen atoms in total. The molecule has 0 saturated heterocycles. The van der Waals surface area contributed by atoms with Gasteiger partial charge in [0.1, 0.15) is 5.82 Å². The van der Waals surface area contributed by atoms with E-state index in [-0.39, 0.29) is 12.4 Å². The van der Waals surface area contributed by atoms with E-state index >= 15 is 0 Å². The summed E-state index contributed by atoms with van der Waals surface area (Å²) in [6.07, 6.45) is 2.11. The smallest absolute Gasteiger partial charge is 0.215 e. The highest BCUT2D eigenvalue weighted by Crippen LogP contribution is 2.20. The SMILES string of the molecule is COc1c(CCO)cnn1Cc1ccccc1F. The zero-order chi connectivity index (χ0) is 13.0. The van der Waals surface area contributed by atoms with Gasteiger partial charge in [-0.25, -0.2) is 9.07 Å². The van der Waals surface area contributed by atoms with Crippen LogP contribution in [-0.2, 0) is 13.0 Å². The summed E-state index contributed by atoms with van der Waals surface area (Å²) in [6, 6.07) is 6.56. The summed E-state index contributed by atoms with van der Waals surface area (Å²) in [5.41, 5.74) is 1.37. The van der Waals surface area contributed by atoms with E-state index in [0.717, 1.165) is 5.56 Å². The third-order valence-corrected chi connectivity index (χ3v) is 2.71. The standard InChI is InChI=1S/C13H15FN2O2/c1-18-13-10(6-7-17)8-15-16(13)9-11-4-2-3-5-12(11)14/h2-5,8,17H,6-7,9H2,1H3. The first-order chi connectivity index (χ1) is 8.76. The lowest BCUT2D eigenvalue weighted by molar-refractivity contribution is 0.295. The van der Waals surface area contributed by atoms with Crippen molar-refractivity contribution in [2.75, 3.05) is 13.7 Å². The highest BCUT2D eigenvalue weighted by atomic mass is 19.1. The van der Waals surface area contributed by atoms with Crippen LogP contribution in [0.3, 0.4) is 0 Å². The first-order valence-corrected chi connectivity index (χ1v) is 5.69. The predicted octanol–water partition coefficient (Wildman–Crippen LogP) is 1.61. The highest BCUT2D eigenvalue weighted by molar-refractivity contribution is 5.26. The highest BCUT2D eigenvalue weighted by Gasteiger charge is 2.12. The molecule has 18 heavy (non-hydrogen) atoms. The Bertz CT molecular complexity index is 525. The molecule has 1 N–H and O–H groups in total. The molecule has 5 heteroatoms. The van der Waals surface area contributed by atoms with E-state index < -0.39 is 0 Å². The maximum atomic E-state index is 13.5. The number of hydrogen-bond donors (Lipinski definition) is 1. The molecule has 1 heterocycles. The second kappa shape index (κ2) is 5.64. The van der Waals surface area contributed by atoms with E-state index in [9.17, 15) is 4.39 Å². The van der Waals surface area contributed by atoms with E-state index in [4.69, 9.17) is 9.84 Å². The molecule has 0 aliphatic carbocycles. The van der Waals surface area contributed by atoms with Crippen LogP contribution in [0.4, 0.5) is 4.39 Å². The van der Waals surface area contributed by atoms with Crippen LogP contribution in [0.15, 0.2) is 30.5 Å². The summed E-state index contributed by atoms with van der Waals surface area (Å²) in [5, 5.41) is 13.1. The fourth-order valence-electron chi connectivity index (χ4n) is 1.84. The number of hydrogen-bond acceptors (Lipinski definition) is 3. The van der Waals surface area contributed by atoms with Gasteiger partial charge >= 0.3 is 0 Å². The Morgan fingerprint density at radius 2 is 2.11 bits per heavy atom. The first-order valence-electron chi connectivity index (χ1n) is 5.69. The summed E-state index contributed by atoms with van der Waals surface area (Å²) in [5.74, 6) is 0.297. The Labute approximate surface area is 105 Å². The molecule has 2 aromatic rings. The van der Waals surface area contributed by atoms with E-state index in [1.54, 1.807) is 29.1 Å². The molecule has 96 valence electrons. The molecule has 0 atom stereocenters. The monoisotopic (exact) mass is 250 g/mol. The van der Waals surface area contributed by atoms with Gasteiger partial charge in [-0.15, -0.1) is 0 Å². The van der Waals surface area contributed by atoms with Gasteiger partial charge in [0.15, 0.2) is 0 Å². The maximum Gasteiger partial charge on any atom is 0.215 e. The van der Waals surface area contributed by atoms with Crippen molar-refractivity contribution >= 4 is 0 Å². The zero-order valence-corrected chi connectivity index (χ0v) is 10.1. The molecule has 0 unspecified atom stereocenters. The Morgan fingerprint density at radius 3 is 2.78 bits per heavy atom. The van der Waals surface area contributed by atoms with Gasteiger partial charge in [0.25, 0.3) is 0 Å². The van der Waals surface area contributed by atoms with Crippen molar-refractivity contribution < 1.29 is 14.2 Å². The lowest BCUT2D eigenvalue weighted by Crippen LogP contribution is -2.06. The number of benzene rings is 1. The van der Waals surface area contributed by atoms with Crippen molar-refractivity contribution in [2.24, 2.45) is 0 Å². The van der Waals surface area contributed by atoms with Crippen molar-refractivity contribution in [3.63, 3.8) is 0 Å². The summed E-state index contributed by atoms with van der Waals surface area (Å²) in [7, 11) is 1.54. The van der Waals surface area contributed by atoms with Crippen LogP contribution in [0.25, 0.3) is 0 Å². The molecule has 1 aromatic carbocycles. The second-order valence-corrected chi connectivity index (χ2v) is 3.90. The van der Waals surface area contributed by atoms with Gasteiger partial charge in [0.2, 0.25) is 5.88 Å². The van der Waals surface area contributed by atoms with E-state index in [1.165, 1.54) is 13.2 Å². The zero-order valence-electron chi connectivity index (χ0n) is 10.1. The number of aliphatic hydroxyl groups is 1. The minimum atomic E-state index is -0.265. The van der Waals surface area contributed by atoms with Crippen LogP contribution in [-0.4, -0.2) is 28.6 Å². The lowest BCUT2D eigenvalue weighted by atomic mass is 10.2. The van der Waals surface area contributed by atoms with Gasteiger partial charge in [-0.2, -0.15) is 5.10 Å². The third-order valence-electron chi connectivity index (χ3n) is 2.71. The summed E-state index contributed by atoms with van der Waals surface area (Å²) in [6.45, 7) is 0.336. The van der Waals surface area contributed by atoms with Gasteiger partial charge in [0, 0.05) is 24.2 Å². The Morgan fingerprint density at radius 1 is 1.33 bits per heavy atom. The molecule has 0 radical (unpaired) electrons. The average molecular weight is 250 g/mol. The van der Waals surface area contributed by atoms with Gasteiger partial charge < -0.3 is 9.84 Å². The van der Waals surface area contributed by atoms with Crippen LogP contribution in [0.5, 0.6) is 5.88 Å². The first kappa shape index (κ1) is 12.6.